The summed E-state index contributed by atoms with van der Waals surface area (Å²) in [4.78, 5) is 16.8. The van der Waals surface area contributed by atoms with E-state index < -0.39 is 5.97 Å². The van der Waals surface area contributed by atoms with Crippen LogP contribution >= 0.6 is 0 Å². The molecule has 0 aromatic heterocycles. The third-order valence-corrected chi connectivity index (χ3v) is 2.95. The fraction of sp³-hybridized carbons (Fsp3) is 0.385. The summed E-state index contributed by atoms with van der Waals surface area (Å²) in [5.74, 6) is 0.102. The molecular weight excluding hydrogens is 234 g/mol. The zero-order valence-electron chi connectivity index (χ0n) is 10.5. The first-order valence-electron chi connectivity index (χ1n) is 5.63. The van der Waals surface area contributed by atoms with Gasteiger partial charge >= 0.3 is 5.97 Å². The normalized spacial score (nSPS) is 22.1. The van der Waals surface area contributed by atoms with E-state index >= 15 is 0 Å². The third-order valence-electron chi connectivity index (χ3n) is 2.95. The molecule has 18 heavy (non-hydrogen) atoms. The quantitative estimate of drug-likeness (QED) is 0.765. The van der Waals surface area contributed by atoms with E-state index in [2.05, 4.69) is 5.16 Å². The van der Waals surface area contributed by atoms with Crippen molar-refractivity contribution in [3.63, 3.8) is 0 Å². The van der Waals surface area contributed by atoms with Gasteiger partial charge in [0, 0.05) is 0 Å². The first kappa shape index (κ1) is 12.4. The fourth-order valence-corrected chi connectivity index (χ4v) is 1.99. The van der Waals surface area contributed by atoms with Crippen molar-refractivity contribution < 1.29 is 19.1 Å². The summed E-state index contributed by atoms with van der Waals surface area (Å²) in [6.07, 6.45) is -0.188. The monoisotopic (exact) mass is 249 g/mol. The van der Waals surface area contributed by atoms with Crippen molar-refractivity contribution >= 4 is 11.7 Å². The SMILES string of the molecule is COC(=O)C1=NO[C@@H](C)[C@@H]1c1ccc(OC)cc1. The zero-order chi connectivity index (χ0) is 13.1. The van der Waals surface area contributed by atoms with Crippen LogP contribution in [0.25, 0.3) is 0 Å². The Morgan fingerprint density at radius 3 is 2.50 bits per heavy atom. The lowest BCUT2D eigenvalue weighted by atomic mass is 9.90. The van der Waals surface area contributed by atoms with Gasteiger partial charge in [0.2, 0.25) is 0 Å². The molecule has 0 amide bonds. The van der Waals surface area contributed by atoms with Crippen molar-refractivity contribution in [1.29, 1.82) is 0 Å². The number of hydrogen-bond donors (Lipinski definition) is 0. The Balaban J connectivity index is 2.29. The number of hydrogen-bond acceptors (Lipinski definition) is 5. The van der Waals surface area contributed by atoms with Crippen molar-refractivity contribution in [2.24, 2.45) is 5.16 Å². The predicted molar refractivity (Wildman–Crippen MR) is 65.7 cm³/mol. The van der Waals surface area contributed by atoms with Crippen molar-refractivity contribution in [3.05, 3.63) is 29.8 Å². The minimum absolute atomic E-state index is 0.188. The van der Waals surface area contributed by atoms with Crippen LogP contribution in [0.3, 0.4) is 0 Å². The molecule has 2 atom stereocenters. The van der Waals surface area contributed by atoms with Crippen LogP contribution in [0, 0.1) is 0 Å². The van der Waals surface area contributed by atoms with Gasteiger partial charge in [-0.25, -0.2) is 4.79 Å². The van der Waals surface area contributed by atoms with E-state index in [1.54, 1.807) is 7.11 Å². The molecule has 0 spiro atoms. The molecule has 0 radical (unpaired) electrons. The molecule has 2 rings (SSSR count). The highest BCUT2D eigenvalue weighted by Crippen LogP contribution is 2.30. The maximum atomic E-state index is 11.6. The lowest BCUT2D eigenvalue weighted by Crippen LogP contribution is -2.25. The molecule has 0 fully saturated rings. The molecule has 5 nitrogen and oxygen atoms in total. The maximum absolute atomic E-state index is 11.6. The Hall–Kier alpha value is -2.04. The van der Waals surface area contributed by atoms with Crippen molar-refractivity contribution in [2.75, 3.05) is 14.2 Å². The van der Waals surface area contributed by atoms with Gasteiger partial charge in [-0.3, -0.25) is 0 Å². The topological polar surface area (TPSA) is 57.1 Å². The minimum Gasteiger partial charge on any atom is -0.497 e. The minimum atomic E-state index is -0.458. The first-order chi connectivity index (χ1) is 8.67. The number of benzene rings is 1. The predicted octanol–water partition coefficient (Wildman–Crippen LogP) is 1.73. The van der Waals surface area contributed by atoms with Gasteiger partial charge in [-0.2, -0.15) is 0 Å². The van der Waals surface area contributed by atoms with E-state index in [4.69, 9.17) is 14.3 Å². The molecule has 0 saturated carbocycles. The van der Waals surface area contributed by atoms with E-state index in [0.717, 1.165) is 11.3 Å². The molecule has 0 saturated heterocycles. The Morgan fingerprint density at radius 2 is 1.94 bits per heavy atom. The number of carbonyl (C=O) groups is 1. The number of esters is 1. The zero-order valence-corrected chi connectivity index (χ0v) is 10.5. The molecule has 0 N–H and O–H groups in total. The molecule has 1 aromatic carbocycles. The molecule has 1 aliphatic rings. The van der Waals surface area contributed by atoms with Crippen LogP contribution in [0.1, 0.15) is 18.4 Å². The molecule has 0 unspecified atom stereocenters. The maximum Gasteiger partial charge on any atom is 0.356 e. The van der Waals surface area contributed by atoms with Crippen LogP contribution in [0.5, 0.6) is 5.75 Å². The molecule has 96 valence electrons. The van der Waals surface area contributed by atoms with Gasteiger partial charge in [-0.15, -0.1) is 0 Å². The molecule has 0 bridgehead atoms. The number of rotatable bonds is 3. The van der Waals surface area contributed by atoms with Gasteiger partial charge in [0.1, 0.15) is 11.9 Å². The number of methoxy groups -OCH3 is 2. The van der Waals surface area contributed by atoms with Gasteiger partial charge in [0.25, 0.3) is 0 Å². The number of nitrogens with zero attached hydrogens (tertiary/aromatic N) is 1. The van der Waals surface area contributed by atoms with E-state index in [1.165, 1.54) is 7.11 Å². The van der Waals surface area contributed by atoms with E-state index in [9.17, 15) is 4.79 Å². The van der Waals surface area contributed by atoms with E-state index in [1.807, 2.05) is 31.2 Å². The third kappa shape index (κ3) is 2.16. The second-order valence-corrected chi connectivity index (χ2v) is 4.03. The Kier molecular flexibility index (Phi) is 3.50. The largest absolute Gasteiger partial charge is 0.497 e. The average Bonchev–Trinajstić information content (AvgIpc) is 2.80. The van der Waals surface area contributed by atoms with Crippen LogP contribution in [0.2, 0.25) is 0 Å². The van der Waals surface area contributed by atoms with Crippen LogP contribution in [0.4, 0.5) is 0 Å². The summed E-state index contributed by atoms with van der Waals surface area (Å²) >= 11 is 0. The van der Waals surface area contributed by atoms with Crippen LogP contribution in [-0.2, 0) is 14.4 Å². The number of oxime groups is 1. The van der Waals surface area contributed by atoms with Gasteiger partial charge in [-0.05, 0) is 24.6 Å². The highest BCUT2D eigenvalue weighted by Gasteiger charge is 2.37. The summed E-state index contributed by atoms with van der Waals surface area (Å²) < 4.78 is 9.81. The Bertz CT molecular complexity index is 466. The summed E-state index contributed by atoms with van der Waals surface area (Å²) in [7, 11) is 2.94. The van der Waals surface area contributed by atoms with Crippen molar-refractivity contribution in [1.82, 2.24) is 0 Å². The lowest BCUT2D eigenvalue weighted by Gasteiger charge is -2.15. The van der Waals surface area contributed by atoms with Gasteiger partial charge in [0.05, 0.1) is 20.1 Å². The molecule has 1 aromatic rings. The smallest absolute Gasteiger partial charge is 0.356 e. The highest BCUT2D eigenvalue weighted by molar-refractivity contribution is 6.39. The Morgan fingerprint density at radius 1 is 1.28 bits per heavy atom. The van der Waals surface area contributed by atoms with E-state index in [-0.39, 0.29) is 12.0 Å². The van der Waals surface area contributed by atoms with Gasteiger partial charge in [0.15, 0.2) is 5.71 Å². The molecule has 0 aliphatic carbocycles. The summed E-state index contributed by atoms with van der Waals surface area (Å²) in [5, 5.41) is 3.80. The fourth-order valence-electron chi connectivity index (χ4n) is 1.99. The molecule has 5 heteroatoms. The van der Waals surface area contributed by atoms with Gasteiger partial charge < -0.3 is 14.3 Å². The van der Waals surface area contributed by atoms with Gasteiger partial charge in [-0.1, -0.05) is 17.3 Å². The first-order valence-corrected chi connectivity index (χ1v) is 5.63. The molecule has 1 aliphatic heterocycles. The average molecular weight is 249 g/mol. The number of ether oxygens (including phenoxy) is 2. The Labute approximate surface area is 105 Å². The lowest BCUT2D eigenvalue weighted by molar-refractivity contribution is -0.132. The second-order valence-electron chi connectivity index (χ2n) is 4.03. The summed E-state index contributed by atoms with van der Waals surface area (Å²) in [6.45, 7) is 1.87. The van der Waals surface area contributed by atoms with Crippen molar-refractivity contribution in [3.8, 4) is 5.75 Å². The standard InChI is InChI=1S/C13H15NO4/c1-8-11(12(14-18-8)13(15)17-3)9-4-6-10(16-2)7-5-9/h4-8,11H,1-3H3/t8-,11+/m0/s1. The molecule has 1 heterocycles. The van der Waals surface area contributed by atoms with Crippen LogP contribution < -0.4 is 4.74 Å². The second kappa shape index (κ2) is 5.08. The number of carbonyl (C=O) groups excluding carboxylic acids is 1. The molecular formula is C13H15NO4. The highest BCUT2D eigenvalue weighted by atomic mass is 16.6. The van der Waals surface area contributed by atoms with Crippen LogP contribution in [0.15, 0.2) is 29.4 Å². The summed E-state index contributed by atoms with van der Waals surface area (Å²) in [6, 6.07) is 7.48. The van der Waals surface area contributed by atoms with Crippen LogP contribution in [-0.4, -0.2) is 32.0 Å². The van der Waals surface area contributed by atoms with Crippen molar-refractivity contribution in [2.45, 2.75) is 18.9 Å². The van der Waals surface area contributed by atoms with E-state index in [0.29, 0.717) is 5.71 Å². The summed E-state index contributed by atoms with van der Waals surface area (Å²) in [5.41, 5.74) is 1.25.